The number of nitro groups is 1. The number of para-hydroxylation sites is 1. The third-order valence-corrected chi connectivity index (χ3v) is 4.44. The Morgan fingerprint density at radius 1 is 1.29 bits per heavy atom. The summed E-state index contributed by atoms with van der Waals surface area (Å²) in [5.41, 5.74) is -0.997. The van der Waals surface area contributed by atoms with E-state index in [1.54, 1.807) is 12.1 Å². The summed E-state index contributed by atoms with van der Waals surface area (Å²) in [5.74, 6) is 0. The monoisotopic (exact) mass is 393 g/mol. The minimum atomic E-state index is -0.938. The molecule has 1 aliphatic heterocycles. The first-order valence-electron chi connectivity index (χ1n) is 8.49. The largest absolute Gasteiger partial charge is 0.394 e. The van der Waals surface area contributed by atoms with Gasteiger partial charge in [0.25, 0.3) is 11.2 Å². The number of benzene rings is 1. The van der Waals surface area contributed by atoms with Crippen molar-refractivity contribution in [2.45, 2.75) is 38.1 Å². The van der Waals surface area contributed by atoms with E-state index in [2.05, 4.69) is 4.98 Å². The smallest absolute Gasteiger partial charge is 0.330 e. The van der Waals surface area contributed by atoms with E-state index in [0.717, 1.165) is 4.57 Å². The molecule has 0 aliphatic carbocycles. The molecule has 0 saturated carbocycles. The summed E-state index contributed by atoms with van der Waals surface area (Å²) in [5, 5.41) is 30.0. The van der Waals surface area contributed by atoms with Crippen LogP contribution in [0.15, 0.2) is 40.1 Å². The van der Waals surface area contributed by atoms with Gasteiger partial charge in [0.1, 0.15) is 12.3 Å². The van der Waals surface area contributed by atoms with Crippen molar-refractivity contribution in [2.24, 2.45) is 0 Å². The topological polar surface area (TPSA) is 157 Å². The fraction of sp³-hybridized carbons (Fsp3) is 0.412. The molecule has 1 unspecified atom stereocenters. The molecule has 2 aromatic rings. The number of rotatable bonds is 7. The van der Waals surface area contributed by atoms with Crippen LogP contribution >= 0.6 is 0 Å². The third kappa shape index (κ3) is 4.17. The van der Waals surface area contributed by atoms with Crippen LogP contribution in [-0.2, 0) is 22.7 Å². The van der Waals surface area contributed by atoms with Crippen LogP contribution in [0.25, 0.3) is 0 Å². The first-order valence-corrected chi connectivity index (χ1v) is 8.49. The predicted octanol–water partition coefficient (Wildman–Crippen LogP) is -0.198. The van der Waals surface area contributed by atoms with Gasteiger partial charge in [-0.05, 0) is 6.07 Å². The summed E-state index contributed by atoms with van der Waals surface area (Å²) in [6, 6.07) is 6.08. The molecule has 0 amide bonds. The SMILES string of the molecule is O=c1[nH]c(=O)n([C@H]2CC(O)[C@@H](CO)O2)cc1COCc1ccccc1[N+](=O)[O-]. The van der Waals surface area contributed by atoms with Crippen molar-refractivity contribution in [3.05, 3.63) is 72.5 Å². The molecule has 1 aromatic carbocycles. The van der Waals surface area contributed by atoms with E-state index in [1.807, 2.05) is 0 Å². The number of nitrogens with one attached hydrogen (secondary N) is 1. The fourth-order valence-electron chi connectivity index (χ4n) is 2.98. The molecule has 0 spiro atoms. The molecule has 11 nitrogen and oxygen atoms in total. The highest BCUT2D eigenvalue weighted by Gasteiger charge is 2.35. The number of hydrogen-bond donors (Lipinski definition) is 3. The summed E-state index contributed by atoms with van der Waals surface area (Å²) in [7, 11) is 0. The van der Waals surface area contributed by atoms with Gasteiger partial charge in [-0.3, -0.25) is 24.5 Å². The number of nitrogens with zero attached hydrogens (tertiary/aromatic N) is 2. The van der Waals surface area contributed by atoms with Crippen molar-refractivity contribution in [2.75, 3.05) is 6.61 Å². The lowest BCUT2D eigenvalue weighted by Gasteiger charge is -2.15. The van der Waals surface area contributed by atoms with Gasteiger partial charge >= 0.3 is 5.69 Å². The number of aromatic amines is 1. The van der Waals surface area contributed by atoms with Crippen molar-refractivity contribution in [1.82, 2.24) is 9.55 Å². The molecular formula is C17H19N3O8. The lowest BCUT2D eigenvalue weighted by Crippen LogP contribution is -2.34. The Morgan fingerprint density at radius 3 is 2.68 bits per heavy atom. The average molecular weight is 393 g/mol. The predicted molar refractivity (Wildman–Crippen MR) is 94.5 cm³/mol. The van der Waals surface area contributed by atoms with Gasteiger partial charge in [0.15, 0.2) is 0 Å². The number of H-pyrrole nitrogens is 1. The molecule has 1 aromatic heterocycles. The maximum Gasteiger partial charge on any atom is 0.330 e. The zero-order valence-corrected chi connectivity index (χ0v) is 14.7. The third-order valence-electron chi connectivity index (χ3n) is 4.44. The zero-order valence-electron chi connectivity index (χ0n) is 14.7. The highest BCUT2D eigenvalue weighted by Crippen LogP contribution is 2.27. The molecule has 150 valence electrons. The van der Waals surface area contributed by atoms with Crippen LogP contribution < -0.4 is 11.2 Å². The fourth-order valence-corrected chi connectivity index (χ4v) is 2.98. The van der Waals surface area contributed by atoms with Gasteiger partial charge in [0.2, 0.25) is 0 Å². The Bertz CT molecular complexity index is 969. The van der Waals surface area contributed by atoms with Crippen molar-refractivity contribution in [1.29, 1.82) is 0 Å². The lowest BCUT2D eigenvalue weighted by molar-refractivity contribution is -0.386. The quantitative estimate of drug-likeness (QED) is 0.431. The molecule has 28 heavy (non-hydrogen) atoms. The van der Waals surface area contributed by atoms with E-state index in [9.17, 15) is 24.8 Å². The average Bonchev–Trinajstić information content (AvgIpc) is 3.04. The molecule has 2 heterocycles. The maximum absolute atomic E-state index is 12.1. The van der Waals surface area contributed by atoms with E-state index in [-0.39, 0.29) is 30.9 Å². The number of aromatic nitrogens is 2. The number of hydrogen-bond acceptors (Lipinski definition) is 8. The summed E-state index contributed by atoms with van der Waals surface area (Å²) in [6.45, 7) is -0.692. The van der Waals surface area contributed by atoms with Crippen molar-refractivity contribution in [3.63, 3.8) is 0 Å². The first kappa shape index (κ1) is 19.9. The number of aliphatic hydroxyl groups excluding tert-OH is 2. The van der Waals surface area contributed by atoms with Gasteiger partial charge in [-0.15, -0.1) is 0 Å². The standard InChI is InChI=1S/C17H19N3O8/c21-7-14-13(22)5-15(28-14)19-6-11(16(23)18-17(19)24)9-27-8-10-3-1-2-4-12(10)20(25)26/h1-4,6,13-15,21-22H,5,7-9H2,(H,18,23,24)/t13?,14-,15-/m1/s1. The van der Waals surface area contributed by atoms with Crippen LogP contribution in [0, 0.1) is 10.1 Å². The van der Waals surface area contributed by atoms with Gasteiger partial charge < -0.3 is 19.7 Å². The molecule has 1 aliphatic rings. The number of aliphatic hydroxyl groups is 2. The minimum absolute atomic E-state index is 0.0771. The molecule has 3 atom stereocenters. The van der Waals surface area contributed by atoms with E-state index >= 15 is 0 Å². The highest BCUT2D eigenvalue weighted by molar-refractivity contribution is 5.39. The molecule has 11 heteroatoms. The molecule has 0 bridgehead atoms. The summed E-state index contributed by atoms with van der Waals surface area (Å²) < 4.78 is 12.0. The Kier molecular flexibility index (Phi) is 5.99. The minimum Gasteiger partial charge on any atom is -0.394 e. The molecule has 3 rings (SSSR count). The van der Waals surface area contributed by atoms with Gasteiger partial charge in [0, 0.05) is 18.7 Å². The maximum atomic E-state index is 12.1. The van der Waals surface area contributed by atoms with E-state index < -0.39 is 41.2 Å². The number of ether oxygens (including phenoxy) is 2. The van der Waals surface area contributed by atoms with E-state index in [1.165, 1.54) is 18.3 Å². The van der Waals surface area contributed by atoms with Crippen molar-refractivity contribution >= 4 is 5.69 Å². The normalized spacial score (nSPS) is 21.7. The van der Waals surface area contributed by atoms with Gasteiger partial charge in [0.05, 0.1) is 42.0 Å². The van der Waals surface area contributed by atoms with Crippen LogP contribution in [0.5, 0.6) is 0 Å². The van der Waals surface area contributed by atoms with Crippen molar-refractivity contribution in [3.8, 4) is 0 Å². The lowest BCUT2D eigenvalue weighted by atomic mass is 10.2. The second-order valence-electron chi connectivity index (χ2n) is 6.31. The second-order valence-corrected chi connectivity index (χ2v) is 6.31. The second kappa shape index (κ2) is 8.44. The van der Waals surface area contributed by atoms with Gasteiger partial charge in [-0.25, -0.2) is 4.79 Å². The molecule has 3 N–H and O–H groups in total. The van der Waals surface area contributed by atoms with Crippen LogP contribution in [0.3, 0.4) is 0 Å². The highest BCUT2D eigenvalue weighted by atomic mass is 16.6. The van der Waals surface area contributed by atoms with Gasteiger partial charge in [-0.2, -0.15) is 0 Å². The Labute approximate surface area is 157 Å². The molecule has 0 radical (unpaired) electrons. The van der Waals surface area contributed by atoms with Crippen molar-refractivity contribution < 1.29 is 24.6 Å². The molecule has 1 fully saturated rings. The van der Waals surface area contributed by atoms with E-state index in [4.69, 9.17) is 14.6 Å². The van der Waals surface area contributed by atoms with Crippen LogP contribution in [0.4, 0.5) is 5.69 Å². The summed E-state index contributed by atoms with van der Waals surface area (Å²) in [4.78, 5) is 36.7. The molecule has 1 saturated heterocycles. The zero-order chi connectivity index (χ0) is 20.3. The Morgan fingerprint density at radius 2 is 2.00 bits per heavy atom. The Hall–Kier alpha value is -2.86. The van der Waals surface area contributed by atoms with Crippen LogP contribution in [0.2, 0.25) is 0 Å². The number of nitro benzene ring substituents is 1. The Balaban J connectivity index is 1.74. The van der Waals surface area contributed by atoms with Crippen LogP contribution in [0.1, 0.15) is 23.8 Å². The first-order chi connectivity index (χ1) is 13.4. The molecular weight excluding hydrogens is 374 g/mol. The summed E-state index contributed by atoms with van der Waals surface area (Å²) in [6.07, 6.45) is -1.26. The van der Waals surface area contributed by atoms with E-state index in [0.29, 0.717) is 5.56 Å². The van der Waals surface area contributed by atoms with Crippen LogP contribution in [-0.4, -0.2) is 43.5 Å². The van der Waals surface area contributed by atoms with Gasteiger partial charge in [-0.1, -0.05) is 12.1 Å². The summed E-state index contributed by atoms with van der Waals surface area (Å²) >= 11 is 0.